The topological polar surface area (TPSA) is 54.5 Å². The Labute approximate surface area is 132 Å². The van der Waals surface area contributed by atoms with Gasteiger partial charge >= 0.3 is 0 Å². The third-order valence-electron chi connectivity index (χ3n) is 3.87. The number of carbonyl (C=O) groups excluding carboxylic acids is 1. The monoisotopic (exact) mass is 321 g/mol. The number of benzene rings is 1. The number of sulfonamides is 1. The molecule has 2 rings (SSSR count). The largest absolute Gasteiger partial charge is 0.268 e. The fourth-order valence-corrected chi connectivity index (χ4v) is 3.94. The summed E-state index contributed by atoms with van der Waals surface area (Å²) in [6.45, 7) is 4.21. The van der Waals surface area contributed by atoms with E-state index in [1.165, 1.54) is 0 Å². The van der Waals surface area contributed by atoms with Crippen LogP contribution in [0.3, 0.4) is 0 Å². The van der Waals surface area contributed by atoms with E-state index in [9.17, 15) is 13.2 Å². The number of unbranched alkanes of at least 4 members (excludes halogenated alkanes) is 1. The highest BCUT2D eigenvalue weighted by molar-refractivity contribution is 7.89. The van der Waals surface area contributed by atoms with Crippen LogP contribution >= 0.6 is 0 Å². The molecule has 1 aliphatic rings. The number of rotatable bonds is 5. The van der Waals surface area contributed by atoms with Crippen molar-refractivity contribution in [2.24, 2.45) is 0 Å². The molecule has 1 amide bonds. The molecule has 0 aromatic heterocycles. The zero-order valence-corrected chi connectivity index (χ0v) is 14.0. The van der Waals surface area contributed by atoms with Crippen molar-refractivity contribution in [1.29, 1.82) is 0 Å². The van der Waals surface area contributed by atoms with Gasteiger partial charge in [0.1, 0.15) is 0 Å². The van der Waals surface area contributed by atoms with E-state index >= 15 is 0 Å². The minimum absolute atomic E-state index is 0.184. The lowest BCUT2D eigenvalue weighted by atomic mass is 10.1. The maximum atomic E-state index is 12.8. The molecule has 5 heteroatoms. The Balaban J connectivity index is 2.31. The first kappa shape index (κ1) is 16.7. The molecule has 0 unspecified atom stereocenters. The molecule has 0 N–H and O–H groups in total. The summed E-state index contributed by atoms with van der Waals surface area (Å²) in [7, 11) is -3.77. The van der Waals surface area contributed by atoms with Crippen LogP contribution < -0.4 is 0 Å². The molecular weight excluding hydrogens is 298 g/mol. The van der Waals surface area contributed by atoms with Gasteiger partial charge in [-0.15, -0.1) is 0 Å². The summed E-state index contributed by atoms with van der Waals surface area (Å²) in [4.78, 5) is 12.8. The molecular formula is C17H23NO3S. The number of aryl methyl sites for hydroxylation is 1. The van der Waals surface area contributed by atoms with Crippen LogP contribution in [0.25, 0.3) is 0 Å². The Morgan fingerprint density at radius 2 is 1.86 bits per heavy atom. The van der Waals surface area contributed by atoms with Crippen LogP contribution in [0.4, 0.5) is 0 Å². The Kier molecular flexibility index (Phi) is 5.40. The number of hydrogen-bond acceptors (Lipinski definition) is 3. The standard InChI is InChI=1S/C17H23NO3S/c1-3-4-7-15-8-5-6-13-18(17(15)19)22(20,21)16-11-9-14(2)10-12-16/h8-12H,3-7,13H2,1-2H3. The minimum Gasteiger partial charge on any atom is -0.268 e. The highest BCUT2D eigenvalue weighted by Crippen LogP contribution is 2.24. The SMILES string of the molecule is CCCCC1=CCCCN(S(=O)(=O)c2ccc(C)cc2)C1=O. The highest BCUT2D eigenvalue weighted by Gasteiger charge is 2.31. The van der Waals surface area contributed by atoms with Gasteiger partial charge in [0.15, 0.2) is 0 Å². The van der Waals surface area contributed by atoms with Crippen molar-refractivity contribution in [3.05, 3.63) is 41.5 Å². The van der Waals surface area contributed by atoms with Crippen LogP contribution in [0.1, 0.15) is 44.6 Å². The summed E-state index contributed by atoms with van der Waals surface area (Å²) >= 11 is 0. The Hall–Kier alpha value is -1.62. The third-order valence-corrected chi connectivity index (χ3v) is 5.66. The molecule has 0 radical (unpaired) electrons. The van der Waals surface area contributed by atoms with Crippen molar-refractivity contribution in [2.75, 3.05) is 6.54 Å². The minimum atomic E-state index is -3.77. The van der Waals surface area contributed by atoms with Crippen molar-refractivity contribution >= 4 is 15.9 Å². The van der Waals surface area contributed by atoms with Crippen LogP contribution in [0.15, 0.2) is 40.8 Å². The summed E-state index contributed by atoms with van der Waals surface area (Å²) in [5.74, 6) is -0.355. The number of hydrogen-bond donors (Lipinski definition) is 0. The molecule has 1 aromatic carbocycles. The molecule has 1 aromatic rings. The highest BCUT2D eigenvalue weighted by atomic mass is 32.2. The fourth-order valence-electron chi connectivity index (χ4n) is 2.50. The average Bonchev–Trinajstić information content (AvgIpc) is 2.68. The first-order valence-electron chi connectivity index (χ1n) is 7.79. The van der Waals surface area contributed by atoms with Gasteiger partial charge in [-0.2, -0.15) is 0 Å². The lowest BCUT2D eigenvalue weighted by Gasteiger charge is -2.22. The fraction of sp³-hybridized carbons (Fsp3) is 0.471. The molecule has 4 nitrogen and oxygen atoms in total. The zero-order chi connectivity index (χ0) is 16.2. The molecule has 0 aliphatic carbocycles. The van der Waals surface area contributed by atoms with E-state index in [2.05, 4.69) is 6.92 Å². The number of allylic oxidation sites excluding steroid dienone is 1. The van der Waals surface area contributed by atoms with Crippen molar-refractivity contribution in [3.8, 4) is 0 Å². The Bertz CT molecular complexity index is 660. The van der Waals surface area contributed by atoms with E-state index in [0.29, 0.717) is 18.4 Å². The first-order valence-corrected chi connectivity index (χ1v) is 9.23. The van der Waals surface area contributed by atoms with Gasteiger partial charge in [0, 0.05) is 12.1 Å². The second-order valence-corrected chi connectivity index (χ2v) is 7.53. The maximum absolute atomic E-state index is 12.8. The van der Waals surface area contributed by atoms with Crippen molar-refractivity contribution < 1.29 is 13.2 Å². The summed E-state index contributed by atoms with van der Waals surface area (Å²) in [5.41, 5.74) is 1.62. The molecule has 22 heavy (non-hydrogen) atoms. The van der Waals surface area contributed by atoms with Crippen molar-refractivity contribution in [2.45, 2.75) is 50.8 Å². The second kappa shape index (κ2) is 7.09. The van der Waals surface area contributed by atoms with Crippen LogP contribution in [-0.4, -0.2) is 25.2 Å². The molecule has 0 saturated carbocycles. The van der Waals surface area contributed by atoms with Gasteiger partial charge in [-0.1, -0.05) is 37.1 Å². The lowest BCUT2D eigenvalue weighted by molar-refractivity contribution is -0.122. The average molecular weight is 321 g/mol. The molecule has 0 bridgehead atoms. The molecule has 120 valence electrons. The van der Waals surface area contributed by atoms with Gasteiger partial charge in [0.25, 0.3) is 15.9 Å². The summed E-state index contributed by atoms with van der Waals surface area (Å²) < 4.78 is 26.6. The third kappa shape index (κ3) is 3.58. The quantitative estimate of drug-likeness (QED) is 0.835. The summed E-state index contributed by atoms with van der Waals surface area (Å²) in [6.07, 6.45) is 5.86. The van der Waals surface area contributed by atoms with E-state index in [-0.39, 0.29) is 17.3 Å². The molecule has 0 spiro atoms. The van der Waals surface area contributed by atoms with Gasteiger partial charge in [-0.25, -0.2) is 12.7 Å². The lowest BCUT2D eigenvalue weighted by Crippen LogP contribution is -2.37. The van der Waals surface area contributed by atoms with Crippen molar-refractivity contribution in [1.82, 2.24) is 4.31 Å². The van der Waals surface area contributed by atoms with Crippen LogP contribution in [-0.2, 0) is 14.8 Å². The predicted molar refractivity (Wildman–Crippen MR) is 86.9 cm³/mol. The summed E-state index contributed by atoms with van der Waals surface area (Å²) in [5, 5.41) is 0. The van der Waals surface area contributed by atoms with Gasteiger partial charge in [-0.05, 0) is 44.7 Å². The van der Waals surface area contributed by atoms with E-state index in [4.69, 9.17) is 0 Å². The zero-order valence-electron chi connectivity index (χ0n) is 13.2. The van der Waals surface area contributed by atoms with Crippen LogP contribution in [0, 0.1) is 6.92 Å². The Morgan fingerprint density at radius 3 is 2.50 bits per heavy atom. The molecule has 0 atom stereocenters. The normalized spacial score (nSPS) is 16.4. The number of amides is 1. The van der Waals surface area contributed by atoms with Crippen molar-refractivity contribution in [3.63, 3.8) is 0 Å². The van der Waals surface area contributed by atoms with Gasteiger partial charge < -0.3 is 0 Å². The van der Waals surface area contributed by atoms with Gasteiger partial charge in [0.2, 0.25) is 0 Å². The van der Waals surface area contributed by atoms with Gasteiger partial charge in [0.05, 0.1) is 4.90 Å². The van der Waals surface area contributed by atoms with Crippen LogP contribution in [0.2, 0.25) is 0 Å². The molecule has 0 fully saturated rings. The predicted octanol–water partition coefficient (Wildman–Crippen LogP) is 3.42. The molecule has 1 heterocycles. The first-order chi connectivity index (χ1) is 10.5. The van der Waals surface area contributed by atoms with E-state index < -0.39 is 10.0 Å². The van der Waals surface area contributed by atoms with E-state index in [0.717, 1.165) is 29.1 Å². The van der Waals surface area contributed by atoms with E-state index in [1.54, 1.807) is 24.3 Å². The number of nitrogens with zero attached hydrogens (tertiary/aromatic N) is 1. The Morgan fingerprint density at radius 1 is 1.18 bits per heavy atom. The van der Waals surface area contributed by atoms with E-state index in [1.807, 2.05) is 13.0 Å². The van der Waals surface area contributed by atoms with Crippen LogP contribution in [0.5, 0.6) is 0 Å². The van der Waals surface area contributed by atoms with Gasteiger partial charge in [-0.3, -0.25) is 4.79 Å². The maximum Gasteiger partial charge on any atom is 0.266 e. The molecule has 1 aliphatic heterocycles. The smallest absolute Gasteiger partial charge is 0.266 e. The second-order valence-electron chi connectivity index (χ2n) is 5.67. The summed E-state index contributed by atoms with van der Waals surface area (Å²) in [6, 6.07) is 6.64. The molecule has 0 saturated heterocycles. The number of carbonyl (C=O) groups is 1.